The van der Waals surface area contributed by atoms with Gasteiger partial charge in [0.15, 0.2) is 11.4 Å². The van der Waals surface area contributed by atoms with Gasteiger partial charge in [0.2, 0.25) is 0 Å². The molecule has 0 saturated heterocycles. The molecule has 1 heterocycles. The van der Waals surface area contributed by atoms with Crippen LogP contribution in [0.2, 0.25) is 0 Å². The van der Waals surface area contributed by atoms with Gasteiger partial charge in [-0.05, 0) is 19.9 Å². The minimum Gasteiger partial charge on any atom is -0.348 e. The molecule has 64 valence electrons. The van der Waals surface area contributed by atoms with Gasteiger partial charge in [0, 0.05) is 11.4 Å². The Labute approximate surface area is 76.5 Å². The number of nitrogens with zero attached hydrogens (tertiary/aromatic N) is 3. The maximum Gasteiger partial charge on any atom is 0.175 e. The second-order valence-electron chi connectivity index (χ2n) is 2.65. The van der Waals surface area contributed by atoms with Crippen molar-refractivity contribution in [3.8, 4) is 12.1 Å². The molecule has 1 rings (SSSR count). The van der Waals surface area contributed by atoms with E-state index < -0.39 is 0 Å². The Morgan fingerprint density at radius 3 is 2.54 bits per heavy atom. The molecule has 1 aliphatic heterocycles. The van der Waals surface area contributed by atoms with Crippen LogP contribution in [0.5, 0.6) is 0 Å². The average Bonchev–Trinajstić information content (AvgIpc) is 2.23. The van der Waals surface area contributed by atoms with Gasteiger partial charge in [0.05, 0.1) is 0 Å². The number of nitriles is 2. The van der Waals surface area contributed by atoms with Crippen LogP contribution in [0.15, 0.2) is 28.2 Å². The fraction of sp³-hybridized carbons (Fsp3) is 0.222. The topological polar surface area (TPSA) is 72.0 Å². The van der Waals surface area contributed by atoms with Crippen LogP contribution in [0.3, 0.4) is 0 Å². The highest BCUT2D eigenvalue weighted by Crippen LogP contribution is 2.09. The third kappa shape index (κ3) is 1.94. The zero-order valence-corrected chi connectivity index (χ0v) is 7.42. The Kier molecular flexibility index (Phi) is 2.47. The van der Waals surface area contributed by atoms with Crippen molar-refractivity contribution >= 4 is 5.71 Å². The van der Waals surface area contributed by atoms with Crippen molar-refractivity contribution in [3.63, 3.8) is 0 Å². The van der Waals surface area contributed by atoms with Crippen molar-refractivity contribution in [1.82, 2.24) is 5.32 Å². The first kappa shape index (κ1) is 9.02. The molecule has 0 bridgehead atoms. The Bertz CT molecular complexity index is 398. The SMILES string of the molecule is CC1=CC(C)=NC(C#N)=C(C#N)N1. The molecule has 13 heavy (non-hydrogen) atoms. The van der Waals surface area contributed by atoms with Crippen LogP contribution in [0.1, 0.15) is 13.8 Å². The van der Waals surface area contributed by atoms with Crippen LogP contribution in [0.4, 0.5) is 0 Å². The number of nitrogens with one attached hydrogen (secondary N) is 1. The molecular weight excluding hydrogens is 164 g/mol. The summed E-state index contributed by atoms with van der Waals surface area (Å²) in [5.41, 5.74) is 1.86. The quantitative estimate of drug-likeness (QED) is 0.597. The molecule has 4 nitrogen and oxygen atoms in total. The summed E-state index contributed by atoms with van der Waals surface area (Å²) in [6, 6.07) is 3.76. The van der Waals surface area contributed by atoms with E-state index in [1.54, 1.807) is 13.0 Å². The molecule has 0 radical (unpaired) electrons. The van der Waals surface area contributed by atoms with Gasteiger partial charge in [-0.15, -0.1) is 0 Å². The van der Waals surface area contributed by atoms with Gasteiger partial charge in [-0.1, -0.05) is 0 Å². The maximum atomic E-state index is 8.70. The van der Waals surface area contributed by atoms with Crippen LogP contribution >= 0.6 is 0 Å². The molecule has 1 N–H and O–H groups in total. The van der Waals surface area contributed by atoms with E-state index >= 15 is 0 Å². The van der Waals surface area contributed by atoms with Crippen LogP contribution in [0.25, 0.3) is 0 Å². The van der Waals surface area contributed by atoms with Gasteiger partial charge in [-0.3, -0.25) is 0 Å². The molecule has 0 fully saturated rings. The summed E-state index contributed by atoms with van der Waals surface area (Å²) in [5, 5.41) is 20.2. The summed E-state index contributed by atoms with van der Waals surface area (Å²) >= 11 is 0. The number of hydrogen-bond acceptors (Lipinski definition) is 4. The first-order chi connectivity index (χ1) is 6.17. The Hall–Kier alpha value is -2.07. The van der Waals surface area contributed by atoms with Crippen molar-refractivity contribution < 1.29 is 0 Å². The summed E-state index contributed by atoms with van der Waals surface area (Å²) < 4.78 is 0. The van der Waals surface area contributed by atoms with Crippen molar-refractivity contribution in [2.45, 2.75) is 13.8 Å². The molecule has 0 aromatic heterocycles. The first-order valence-corrected chi connectivity index (χ1v) is 3.72. The molecule has 0 amide bonds. The van der Waals surface area contributed by atoms with E-state index in [0.29, 0.717) is 5.71 Å². The standard InChI is InChI=1S/C9H8N4/c1-6-3-7(2)13-9(5-11)8(4-10)12-6/h3,12H,1-2H3. The maximum absolute atomic E-state index is 8.70. The summed E-state index contributed by atoms with van der Waals surface area (Å²) in [7, 11) is 0. The molecule has 0 spiro atoms. The molecule has 0 aromatic rings. The molecule has 0 saturated carbocycles. The van der Waals surface area contributed by atoms with Gasteiger partial charge < -0.3 is 5.32 Å². The Morgan fingerprint density at radius 1 is 1.31 bits per heavy atom. The lowest BCUT2D eigenvalue weighted by Gasteiger charge is -2.00. The summed E-state index contributed by atoms with van der Waals surface area (Å²) in [6.45, 7) is 3.60. The predicted molar refractivity (Wildman–Crippen MR) is 48.3 cm³/mol. The van der Waals surface area contributed by atoms with E-state index in [1.165, 1.54) is 0 Å². The van der Waals surface area contributed by atoms with Gasteiger partial charge in [0.25, 0.3) is 0 Å². The van der Waals surface area contributed by atoms with Crippen LogP contribution < -0.4 is 5.32 Å². The number of hydrogen-bond donors (Lipinski definition) is 1. The number of rotatable bonds is 0. The zero-order valence-electron chi connectivity index (χ0n) is 7.42. The second kappa shape index (κ2) is 3.55. The van der Waals surface area contributed by atoms with E-state index in [0.717, 1.165) is 5.70 Å². The number of allylic oxidation sites excluding steroid dienone is 4. The predicted octanol–water partition coefficient (Wildman–Crippen LogP) is 1.21. The van der Waals surface area contributed by atoms with Crippen LogP contribution in [0, 0.1) is 22.7 Å². The highest BCUT2D eigenvalue weighted by atomic mass is 14.9. The fourth-order valence-corrected chi connectivity index (χ4v) is 1.03. The van der Waals surface area contributed by atoms with Crippen molar-refractivity contribution in [1.29, 1.82) is 10.5 Å². The Balaban J connectivity index is 3.25. The van der Waals surface area contributed by atoms with E-state index in [2.05, 4.69) is 10.3 Å². The highest BCUT2D eigenvalue weighted by molar-refractivity contribution is 5.94. The monoisotopic (exact) mass is 172 g/mol. The van der Waals surface area contributed by atoms with E-state index in [4.69, 9.17) is 10.5 Å². The fourth-order valence-electron chi connectivity index (χ4n) is 1.03. The van der Waals surface area contributed by atoms with Crippen molar-refractivity contribution in [2.75, 3.05) is 0 Å². The number of aliphatic imine (C=N–C) groups is 1. The van der Waals surface area contributed by atoms with E-state index in [9.17, 15) is 0 Å². The molecular formula is C9H8N4. The lowest BCUT2D eigenvalue weighted by Crippen LogP contribution is -2.09. The summed E-state index contributed by atoms with van der Waals surface area (Å²) in [4.78, 5) is 3.97. The largest absolute Gasteiger partial charge is 0.348 e. The minimum absolute atomic E-state index is 0.133. The van der Waals surface area contributed by atoms with Gasteiger partial charge in [-0.2, -0.15) is 10.5 Å². The minimum atomic E-state index is 0.133. The highest BCUT2D eigenvalue weighted by Gasteiger charge is 2.08. The second-order valence-corrected chi connectivity index (χ2v) is 2.65. The van der Waals surface area contributed by atoms with Gasteiger partial charge in [0.1, 0.15) is 12.1 Å². The molecule has 0 unspecified atom stereocenters. The zero-order chi connectivity index (χ0) is 9.84. The molecule has 4 heteroatoms. The third-order valence-electron chi connectivity index (χ3n) is 1.49. The molecule has 0 atom stereocenters. The van der Waals surface area contributed by atoms with E-state index in [1.807, 2.05) is 19.1 Å². The first-order valence-electron chi connectivity index (χ1n) is 3.72. The smallest absolute Gasteiger partial charge is 0.175 e. The van der Waals surface area contributed by atoms with Gasteiger partial charge in [-0.25, -0.2) is 4.99 Å². The van der Waals surface area contributed by atoms with Gasteiger partial charge >= 0.3 is 0 Å². The lowest BCUT2D eigenvalue weighted by molar-refractivity contribution is 0.998. The normalized spacial score (nSPS) is 16.0. The Morgan fingerprint density at radius 2 is 2.00 bits per heavy atom. The molecule has 0 aliphatic carbocycles. The summed E-state index contributed by atoms with van der Waals surface area (Å²) in [5.74, 6) is 0. The average molecular weight is 172 g/mol. The van der Waals surface area contributed by atoms with Crippen molar-refractivity contribution in [2.24, 2.45) is 4.99 Å². The van der Waals surface area contributed by atoms with E-state index in [-0.39, 0.29) is 11.4 Å². The third-order valence-corrected chi connectivity index (χ3v) is 1.49. The van der Waals surface area contributed by atoms with Crippen LogP contribution in [-0.2, 0) is 0 Å². The summed E-state index contributed by atoms with van der Waals surface area (Å²) in [6.07, 6.45) is 1.78. The molecule has 0 aromatic carbocycles. The lowest BCUT2D eigenvalue weighted by atomic mass is 10.3. The van der Waals surface area contributed by atoms with Crippen LogP contribution in [-0.4, -0.2) is 5.71 Å². The van der Waals surface area contributed by atoms with Crippen molar-refractivity contribution in [3.05, 3.63) is 23.2 Å². The molecule has 1 aliphatic rings.